The number of ether oxygens (including phenoxy) is 1. The van der Waals surface area contributed by atoms with Gasteiger partial charge in [0, 0.05) is 13.1 Å². The SMILES string of the molecule is O=S(=O)(Cc1ccccc1)N1CCO[C@H](Cc2ccccc2)C1. The second kappa shape index (κ2) is 7.25. The molecule has 1 aliphatic rings. The second-order valence-corrected chi connectivity index (χ2v) is 7.75. The minimum atomic E-state index is -3.31. The van der Waals surface area contributed by atoms with Crippen LogP contribution in [0.15, 0.2) is 60.7 Å². The summed E-state index contributed by atoms with van der Waals surface area (Å²) >= 11 is 0. The normalized spacial score (nSPS) is 19.6. The predicted octanol–water partition coefficient (Wildman–Crippen LogP) is 2.46. The molecule has 0 radical (unpaired) electrons. The van der Waals surface area contributed by atoms with Crippen molar-refractivity contribution in [1.29, 1.82) is 0 Å². The van der Waals surface area contributed by atoms with Crippen molar-refractivity contribution in [3.8, 4) is 0 Å². The molecule has 0 amide bonds. The Bertz CT molecular complexity index is 716. The summed E-state index contributed by atoms with van der Waals surface area (Å²) in [5.74, 6) is 0.0475. The molecule has 122 valence electrons. The van der Waals surface area contributed by atoms with Crippen molar-refractivity contribution < 1.29 is 13.2 Å². The molecule has 0 spiro atoms. The highest BCUT2D eigenvalue weighted by Gasteiger charge is 2.29. The van der Waals surface area contributed by atoms with E-state index >= 15 is 0 Å². The molecule has 0 unspecified atom stereocenters. The maximum atomic E-state index is 12.6. The zero-order valence-electron chi connectivity index (χ0n) is 13.0. The van der Waals surface area contributed by atoms with Crippen molar-refractivity contribution in [2.45, 2.75) is 18.3 Å². The quantitative estimate of drug-likeness (QED) is 0.845. The molecular weight excluding hydrogens is 310 g/mol. The average Bonchev–Trinajstić information content (AvgIpc) is 2.57. The van der Waals surface area contributed by atoms with Crippen LogP contribution in [0.4, 0.5) is 0 Å². The Morgan fingerprint density at radius 3 is 2.22 bits per heavy atom. The fourth-order valence-corrected chi connectivity index (χ4v) is 4.36. The Morgan fingerprint density at radius 1 is 0.957 bits per heavy atom. The molecule has 1 saturated heterocycles. The summed E-state index contributed by atoms with van der Waals surface area (Å²) in [5, 5.41) is 0. The molecule has 0 aromatic heterocycles. The van der Waals surface area contributed by atoms with Crippen molar-refractivity contribution in [3.05, 3.63) is 71.8 Å². The molecule has 0 saturated carbocycles. The van der Waals surface area contributed by atoms with Crippen molar-refractivity contribution in [2.24, 2.45) is 0 Å². The van der Waals surface area contributed by atoms with Gasteiger partial charge in [-0.25, -0.2) is 8.42 Å². The molecule has 2 aromatic carbocycles. The molecular formula is C18H21NO3S. The van der Waals surface area contributed by atoms with Gasteiger partial charge in [-0.15, -0.1) is 0 Å². The minimum absolute atomic E-state index is 0.0475. The van der Waals surface area contributed by atoms with Gasteiger partial charge in [-0.3, -0.25) is 0 Å². The Balaban J connectivity index is 1.65. The van der Waals surface area contributed by atoms with E-state index in [0.717, 1.165) is 12.0 Å². The standard InChI is InChI=1S/C18H21NO3S/c20-23(21,15-17-9-5-2-6-10-17)19-11-12-22-18(14-19)13-16-7-3-1-4-8-16/h1-10,18H,11-15H2/t18-/m1/s1. The predicted molar refractivity (Wildman–Crippen MR) is 90.5 cm³/mol. The number of morpholine rings is 1. The summed E-state index contributed by atoms with van der Waals surface area (Å²) in [6.07, 6.45) is 0.648. The smallest absolute Gasteiger partial charge is 0.218 e. The monoisotopic (exact) mass is 331 g/mol. The van der Waals surface area contributed by atoms with Gasteiger partial charge in [-0.2, -0.15) is 4.31 Å². The van der Waals surface area contributed by atoms with Crippen LogP contribution in [0.5, 0.6) is 0 Å². The molecule has 4 nitrogen and oxygen atoms in total. The van der Waals surface area contributed by atoms with Crippen LogP contribution in [0.2, 0.25) is 0 Å². The summed E-state index contributed by atoms with van der Waals surface area (Å²) in [7, 11) is -3.31. The van der Waals surface area contributed by atoms with Gasteiger partial charge in [0.15, 0.2) is 0 Å². The van der Waals surface area contributed by atoms with Crippen LogP contribution < -0.4 is 0 Å². The molecule has 1 aliphatic heterocycles. The summed E-state index contributed by atoms with van der Waals surface area (Å²) in [5.41, 5.74) is 1.98. The summed E-state index contributed by atoms with van der Waals surface area (Å²) < 4.78 is 32.6. The molecule has 0 aliphatic carbocycles. The molecule has 1 heterocycles. The first-order chi connectivity index (χ1) is 11.1. The van der Waals surface area contributed by atoms with Gasteiger partial charge in [0.25, 0.3) is 0 Å². The van der Waals surface area contributed by atoms with Crippen LogP contribution >= 0.6 is 0 Å². The largest absolute Gasteiger partial charge is 0.375 e. The van der Waals surface area contributed by atoms with Gasteiger partial charge in [-0.05, 0) is 17.5 Å². The molecule has 23 heavy (non-hydrogen) atoms. The van der Waals surface area contributed by atoms with Crippen LogP contribution in [0.1, 0.15) is 11.1 Å². The van der Waals surface area contributed by atoms with Crippen molar-refractivity contribution >= 4 is 10.0 Å². The molecule has 1 fully saturated rings. The Hall–Kier alpha value is -1.69. The fraction of sp³-hybridized carbons (Fsp3) is 0.333. The van der Waals surface area contributed by atoms with Crippen LogP contribution in [0.3, 0.4) is 0 Å². The lowest BCUT2D eigenvalue weighted by Gasteiger charge is -2.32. The molecule has 0 N–H and O–H groups in total. The van der Waals surface area contributed by atoms with E-state index in [1.54, 1.807) is 4.31 Å². The van der Waals surface area contributed by atoms with Crippen molar-refractivity contribution in [2.75, 3.05) is 19.7 Å². The van der Waals surface area contributed by atoms with Gasteiger partial charge in [0.1, 0.15) is 0 Å². The number of hydrogen-bond acceptors (Lipinski definition) is 3. The first kappa shape index (κ1) is 16.2. The number of benzene rings is 2. The second-order valence-electron chi connectivity index (χ2n) is 5.78. The molecule has 2 aromatic rings. The number of rotatable bonds is 5. The summed E-state index contributed by atoms with van der Waals surface area (Å²) in [4.78, 5) is 0. The lowest BCUT2D eigenvalue weighted by atomic mass is 10.1. The maximum absolute atomic E-state index is 12.6. The first-order valence-electron chi connectivity index (χ1n) is 7.81. The number of hydrogen-bond donors (Lipinski definition) is 0. The molecule has 0 bridgehead atoms. The number of nitrogens with zero attached hydrogens (tertiary/aromatic N) is 1. The van der Waals surface area contributed by atoms with E-state index in [1.807, 2.05) is 60.7 Å². The van der Waals surface area contributed by atoms with Crippen molar-refractivity contribution in [3.63, 3.8) is 0 Å². The summed E-state index contributed by atoms with van der Waals surface area (Å²) in [6.45, 7) is 1.30. The minimum Gasteiger partial charge on any atom is -0.375 e. The van der Waals surface area contributed by atoms with E-state index in [0.29, 0.717) is 19.7 Å². The maximum Gasteiger partial charge on any atom is 0.218 e. The van der Waals surface area contributed by atoms with E-state index in [4.69, 9.17) is 4.74 Å². The zero-order valence-corrected chi connectivity index (χ0v) is 13.8. The van der Waals surface area contributed by atoms with Gasteiger partial charge < -0.3 is 4.74 Å². The zero-order chi connectivity index (χ0) is 16.1. The van der Waals surface area contributed by atoms with E-state index in [-0.39, 0.29) is 11.9 Å². The summed E-state index contributed by atoms with van der Waals surface area (Å²) in [6, 6.07) is 19.3. The number of sulfonamides is 1. The fourth-order valence-electron chi connectivity index (χ4n) is 2.82. The topological polar surface area (TPSA) is 46.6 Å². The van der Waals surface area contributed by atoms with Crippen molar-refractivity contribution in [1.82, 2.24) is 4.31 Å². The Labute approximate surface area is 137 Å². The van der Waals surface area contributed by atoms with Gasteiger partial charge in [0.2, 0.25) is 10.0 Å². The lowest BCUT2D eigenvalue weighted by molar-refractivity contribution is -0.000542. The van der Waals surface area contributed by atoms with Crippen LogP contribution in [-0.4, -0.2) is 38.5 Å². The van der Waals surface area contributed by atoms with E-state index < -0.39 is 10.0 Å². The van der Waals surface area contributed by atoms with E-state index in [2.05, 4.69) is 0 Å². The third kappa shape index (κ3) is 4.41. The highest BCUT2D eigenvalue weighted by molar-refractivity contribution is 7.88. The van der Waals surface area contributed by atoms with E-state index in [1.165, 1.54) is 5.56 Å². The Morgan fingerprint density at radius 2 is 1.57 bits per heavy atom. The average molecular weight is 331 g/mol. The Kier molecular flexibility index (Phi) is 5.10. The third-order valence-corrected chi connectivity index (χ3v) is 5.81. The lowest BCUT2D eigenvalue weighted by Crippen LogP contribution is -2.46. The van der Waals surface area contributed by atoms with Crippen LogP contribution in [-0.2, 0) is 26.9 Å². The van der Waals surface area contributed by atoms with Crippen LogP contribution in [0.25, 0.3) is 0 Å². The molecule has 5 heteroatoms. The van der Waals surface area contributed by atoms with Gasteiger partial charge >= 0.3 is 0 Å². The van der Waals surface area contributed by atoms with E-state index in [9.17, 15) is 8.42 Å². The van der Waals surface area contributed by atoms with Gasteiger partial charge in [-0.1, -0.05) is 60.7 Å². The highest BCUT2D eigenvalue weighted by atomic mass is 32.2. The highest BCUT2D eigenvalue weighted by Crippen LogP contribution is 2.17. The molecule has 1 atom stereocenters. The first-order valence-corrected chi connectivity index (χ1v) is 9.42. The third-order valence-electron chi connectivity index (χ3n) is 3.99. The molecule has 3 rings (SSSR count). The van der Waals surface area contributed by atoms with Crippen LogP contribution in [0, 0.1) is 0 Å². The van der Waals surface area contributed by atoms with Gasteiger partial charge in [0.05, 0.1) is 18.5 Å².